The average molecular weight is 452 g/mol. The van der Waals surface area contributed by atoms with E-state index in [9.17, 15) is 23.6 Å². The second-order valence-electron chi connectivity index (χ2n) is 8.23. The zero-order valence-corrected chi connectivity index (χ0v) is 18.4. The lowest BCUT2D eigenvalue weighted by Gasteiger charge is -2.33. The number of anilines is 1. The Morgan fingerprint density at radius 2 is 1.67 bits per heavy atom. The number of fused-ring (bicyclic) bond motifs is 1. The van der Waals surface area contributed by atoms with E-state index in [0.717, 1.165) is 42.7 Å². The first-order valence-corrected chi connectivity index (χ1v) is 11.2. The van der Waals surface area contributed by atoms with Crippen LogP contribution in [0, 0.1) is 5.82 Å². The van der Waals surface area contributed by atoms with Crippen molar-refractivity contribution in [3.05, 3.63) is 65.0 Å². The highest BCUT2D eigenvalue weighted by Gasteiger charge is 2.37. The van der Waals surface area contributed by atoms with Crippen LogP contribution in [0.3, 0.4) is 0 Å². The third-order valence-corrected chi connectivity index (χ3v) is 6.21. The predicted molar refractivity (Wildman–Crippen MR) is 119 cm³/mol. The lowest BCUT2D eigenvalue weighted by atomic mass is 9.94. The molecule has 1 aliphatic carbocycles. The monoisotopic (exact) mass is 452 g/mol. The normalized spacial score (nSPS) is 16.0. The van der Waals surface area contributed by atoms with Gasteiger partial charge in [-0.1, -0.05) is 19.3 Å². The molecule has 0 atom stereocenters. The number of likely N-dealkylation sites (N-methyl/N-ethyl adjacent to an activating group) is 1. The number of rotatable bonds is 6. The van der Waals surface area contributed by atoms with Crippen molar-refractivity contribution in [3.8, 4) is 0 Å². The van der Waals surface area contributed by atoms with Gasteiger partial charge in [-0.25, -0.2) is 14.1 Å². The molecular formula is C25H25FN2O5. The average Bonchev–Trinajstić information content (AvgIpc) is 3.08. The van der Waals surface area contributed by atoms with Crippen molar-refractivity contribution in [2.45, 2.75) is 45.1 Å². The van der Waals surface area contributed by atoms with Gasteiger partial charge < -0.3 is 9.64 Å². The van der Waals surface area contributed by atoms with Crippen LogP contribution in [0.1, 0.15) is 70.1 Å². The Morgan fingerprint density at radius 3 is 2.33 bits per heavy atom. The van der Waals surface area contributed by atoms with Gasteiger partial charge in [-0.2, -0.15) is 0 Å². The first kappa shape index (κ1) is 22.6. The Bertz CT molecular complexity index is 1090. The summed E-state index contributed by atoms with van der Waals surface area (Å²) in [5.41, 5.74) is 0.512. The predicted octanol–water partition coefficient (Wildman–Crippen LogP) is 3.96. The molecule has 2 aromatic rings. The quantitative estimate of drug-likeness (QED) is 0.489. The highest BCUT2D eigenvalue weighted by molar-refractivity contribution is 6.34. The molecule has 1 heterocycles. The zero-order valence-electron chi connectivity index (χ0n) is 18.4. The van der Waals surface area contributed by atoms with Gasteiger partial charge >= 0.3 is 5.97 Å². The second kappa shape index (κ2) is 9.52. The fraction of sp³-hybridized carbons (Fsp3) is 0.360. The fourth-order valence-corrected chi connectivity index (χ4v) is 4.52. The SMILES string of the molecule is CCN(C(=O)COC(=O)c1ccc2c(c1)C(=O)N(c1ccc(F)cc1)C2=O)C1CCCCC1. The van der Waals surface area contributed by atoms with Gasteiger partial charge in [0.15, 0.2) is 6.61 Å². The third-order valence-electron chi connectivity index (χ3n) is 6.21. The smallest absolute Gasteiger partial charge is 0.338 e. The van der Waals surface area contributed by atoms with E-state index in [2.05, 4.69) is 0 Å². The van der Waals surface area contributed by atoms with Gasteiger partial charge in [0.2, 0.25) is 0 Å². The standard InChI is InChI=1S/C25H25FN2O5/c1-2-27(18-6-4-3-5-7-18)22(29)15-33-25(32)16-8-13-20-21(14-16)24(31)28(23(20)30)19-11-9-17(26)10-12-19/h8-14,18H,2-7,15H2,1H3. The largest absolute Gasteiger partial charge is 0.452 e. The summed E-state index contributed by atoms with van der Waals surface area (Å²) < 4.78 is 18.4. The van der Waals surface area contributed by atoms with Crippen LogP contribution in [0.15, 0.2) is 42.5 Å². The van der Waals surface area contributed by atoms with Crippen LogP contribution in [0.5, 0.6) is 0 Å². The van der Waals surface area contributed by atoms with Gasteiger partial charge in [0.1, 0.15) is 5.82 Å². The molecule has 0 aromatic heterocycles. The number of carbonyl (C=O) groups excluding carboxylic acids is 4. The molecule has 0 radical (unpaired) electrons. The lowest BCUT2D eigenvalue weighted by molar-refractivity contribution is -0.137. The molecular weight excluding hydrogens is 427 g/mol. The Balaban J connectivity index is 1.44. The first-order chi connectivity index (χ1) is 15.9. The van der Waals surface area contributed by atoms with Crippen molar-refractivity contribution in [3.63, 3.8) is 0 Å². The summed E-state index contributed by atoms with van der Waals surface area (Å²) in [4.78, 5) is 53.4. The maximum absolute atomic E-state index is 13.2. The van der Waals surface area contributed by atoms with E-state index in [-0.39, 0.29) is 40.9 Å². The Labute approximate surface area is 191 Å². The molecule has 0 bridgehead atoms. The van der Waals surface area contributed by atoms with Crippen LogP contribution < -0.4 is 4.90 Å². The van der Waals surface area contributed by atoms with Gasteiger partial charge in [0.05, 0.1) is 22.4 Å². The summed E-state index contributed by atoms with van der Waals surface area (Å²) in [6, 6.07) is 9.24. The topological polar surface area (TPSA) is 84.0 Å². The Kier molecular flexibility index (Phi) is 6.53. The zero-order chi connectivity index (χ0) is 23.5. The third kappa shape index (κ3) is 4.51. The van der Waals surface area contributed by atoms with Crippen molar-refractivity contribution in [2.75, 3.05) is 18.1 Å². The Morgan fingerprint density at radius 1 is 1.00 bits per heavy atom. The maximum Gasteiger partial charge on any atom is 0.338 e. The molecule has 0 unspecified atom stereocenters. The van der Waals surface area contributed by atoms with E-state index < -0.39 is 23.6 Å². The summed E-state index contributed by atoms with van der Waals surface area (Å²) in [6.45, 7) is 2.08. The number of esters is 1. The van der Waals surface area contributed by atoms with Gasteiger partial charge in [0, 0.05) is 12.6 Å². The molecule has 0 saturated heterocycles. The van der Waals surface area contributed by atoms with Crippen molar-refractivity contribution in [2.24, 2.45) is 0 Å². The lowest BCUT2D eigenvalue weighted by Crippen LogP contribution is -2.43. The number of imide groups is 1. The van der Waals surface area contributed by atoms with Crippen molar-refractivity contribution in [1.82, 2.24) is 4.90 Å². The van der Waals surface area contributed by atoms with Crippen molar-refractivity contribution >= 4 is 29.4 Å². The number of benzene rings is 2. The molecule has 0 N–H and O–H groups in total. The van der Waals surface area contributed by atoms with E-state index in [1.165, 1.54) is 36.8 Å². The number of ether oxygens (including phenoxy) is 1. The summed E-state index contributed by atoms with van der Waals surface area (Å²) >= 11 is 0. The minimum absolute atomic E-state index is 0.0579. The molecule has 2 aromatic carbocycles. The number of nitrogens with zero attached hydrogens (tertiary/aromatic N) is 2. The number of hydrogen-bond acceptors (Lipinski definition) is 5. The van der Waals surface area contributed by atoms with E-state index in [1.54, 1.807) is 4.90 Å². The van der Waals surface area contributed by atoms with Gasteiger partial charge in [-0.3, -0.25) is 14.4 Å². The molecule has 1 aliphatic heterocycles. The van der Waals surface area contributed by atoms with Gasteiger partial charge in [-0.15, -0.1) is 0 Å². The molecule has 8 heteroatoms. The summed E-state index contributed by atoms with van der Waals surface area (Å²) in [5, 5.41) is 0. The van der Waals surface area contributed by atoms with Crippen molar-refractivity contribution < 1.29 is 28.3 Å². The second-order valence-corrected chi connectivity index (χ2v) is 8.23. The molecule has 4 rings (SSSR count). The number of hydrogen-bond donors (Lipinski definition) is 0. The van der Waals surface area contributed by atoms with E-state index in [1.807, 2.05) is 6.92 Å². The number of amides is 3. The molecule has 0 spiro atoms. The molecule has 2 aliphatic rings. The molecule has 172 valence electrons. The minimum Gasteiger partial charge on any atom is -0.452 e. The summed E-state index contributed by atoms with van der Waals surface area (Å²) in [6.07, 6.45) is 5.27. The van der Waals surface area contributed by atoms with E-state index in [0.29, 0.717) is 6.54 Å². The fourth-order valence-electron chi connectivity index (χ4n) is 4.52. The van der Waals surface area contributed by atoms with Crippen LogP contribution in [-0.4, -0.2) is 47.8 Å². The first-order valence-electron chi connectivity index (χ1n) is 11.2. The molecule has 33 heavy (non-hydrogen) atoms. The van der Waals surface area contributed by atoms with Crippen LogP contribution in [0.2, 0.25) is 0 Å². The van der Waals surface area contributed by atoms with Gasteiger partial charge in [0.25, 0.3) is 17.7 Å². The van der Waals surface area contributed by atoms with E-state index in [4.69, 9.17) is 4.74 Å². The van der Waals surface area contributed by atoms with Crippen LogP contribution in [-0.2, 0) is 9.53 Å². The van der Waals surface area contributed by atoms with Gasteiger partial charge in [-0.05, 0) is 62.2 Å². The van der Waals surface area contributed by atoms with Crippen LogP contribution >= 0.6 is 0 Å². The maximum atomic E-state index is 13.2. The number of carbonyl (C=O) groups is 4. The van der Waals surface area contributed by atoms with Crippen LogP contribution in [0.25, 0.3) is 0 Å². The molecule has 1 saturated carbocycles. The molecule has 1 fully saturated rings. The Hall–Kier alpha value is -3.55. The van der Waals surface area contributed by atoms with Crippen LogP contribution in [0.4, 0.5) is 10.1 Å². The van der Waals surface area contributed by atoms with Crippen molar-refractivity contribution in [1.29, 1.82) is 0 Å². The minimum atomic E-state index is -0.744. The molecule has 7 nitrogen and oxygen atoms in total. The summed E-state index contributed by atoms with van der Waals surface area (Å²) in [5.74, 6) is -2.64. The summed E-state index contributed by atoms with van der Waals surface area (Å²) in [7, 11) is 0. The number of halogens is 1. The highest BCUT2D eigenvalue weighted by Crippen LogP contribution is 2.29. The highest BCUT2D eigenvalue weighted by atomic mass is 19.1. The van der Waals surface area contributed by atoms with E-state index >= 15 is 0 Å². The molecule has 3 amide bonds.